The average molecular weight is 248 g/mol. The lowest BCUT2D eigenvalue weighted by Crippen LogP contribution is -2.39. The van der Waals surface area contributed by atoms with Crippen LogP contribution in [-0.4, -0.2) is 41.5 Å². The van der Waals surface area contributed by atoms with Gasteiger partial charge in [0.1, 0.15) is 5.82 Å². The predicted molar refractivity (Wildman–Crippen MR) is 71.5 cm³/mol. The Morgan fingerprint density at radius 3 is 2.72 bits per heavy atom. The highest BCUT2D eigenvalue weighted by Gasteiger charge is 2.17. The van der Waals surface area contributed by atoms with Crippen LogP contribution in [0, 0.1) is 0 Å². The fourth-order valence-electron chi connectivity index (χ4n) is 2.23. The summed E-state index contributed by atoms with van der Waals surface area (Å²) in [6.45, 7) is 5.58. The van der Waals surface area contributed by atoms with E-state index in [1.54, 1.807) is 6.07 Å². The fraction of sp³-hybridized carbons (Fsp3) is 0.538. The molecule has 1 aliphatic rings. The number of hydrogen-bond acceptors (Lipinski definition) is 4. The van der Waals surface area contributed by atoms with Gasteiger partial charge < -0.3 is 16.0 Å². The van der Waals surface area contributed by atoms with Crippen molar-refractivity contribution in [2.75, 3.05) is 25.0 Å². The molecule has 18 heavy (non-hydrogen) atoms. The number of nitrogens with two attached hydrogens (primary N) is 1. The Bertz CT molecular complexity index is 396. The minimum absolute atomic E-state index is 0.440. The summed E-state index contributed by atoms with van der Waals surface area (Å²) in [5.41, 5.74) is 5.62. The Balaban J connectivity index is 1.88. The largest absolute Gasteiger partial charge is 0.367 e. The van der Waals surface area contributed by atoms with E-state index in [1.807, 2.05) is 6.07 Å². The summed E-state index contributed by atoms with van der Waals surface area (Å²) in [6.07, 6.45) is 3.78. The Kier molecular flexibility index (Phi) is 4.15. The number of nitrogens with one attached hydrogen (secondary N) is 1. The molecule has 0 saturated carbocycles. The maximum atomic E-state index is 10.9. The summed E-state index contributed by atoms with van der Waals surface area (Å²) in [5.74, 6) is 0.375. The van der Waals surface area contributed by atoms with Crippen molar-refractivity contribution in [3.05, 3.63) is 23.9 Å². The van der Waals surface area contributed by atoms with Crippen molar-refractivity contribution in [3.8, 4) is 0 Å². The van der Waals surface area contributed by atoms with Gasteiger partial charge in [-0.15, -0.1) is 0 Å². The number of pyridine rings is 1. The number of aromatic nitrogens is 1. The van der Waals surface area contributed by atoms with Gasteiger partial charge in [0.05, 0.1) is 5.56 Å². The van der Waals surface area contributed by atoms with Crippen molar-refractivity contribution in [2.45, 2.75) is 25.8 Å². The molecule has 1 aromatic rings. The monoisotopic (exact) mass is 248 g/mol. The summed E-state index contributed by atoms with van der Waals surface area (Å²) in [6, 6.07) is 3.99. The van der Waals surface area contributed by atoms with Crippen LogP contribution >= 0.6 is 0 Å². The highest BCUT2D eigenvalue weighted by molar-refractivity contribution is 5.92. The molecule has 98 valence electrons. The second-order valence-corrected chi connectivity index (χ2v) is 4.65. The molecule has 1 amide bonds. The van der Waals surface area contributed by atoms with Crippen molar-refractivity contribution < 1.29 is 4.79 Å². The van der Waals surface area contributed by atoms with E-state index < -0.39 is 5.91 Å². The van der Waals surface area contributed by atoms with Gasteiger partial charge in [0.2, 0.25) is 5.91 Å². The van der Waals surface area contributed by atoms with Crippen molar-refractivity contribution in [3.63, 3.8) is 0 Å². The van der Waals surface area contributed by atoms with E-state index in [-0.39, 0.29) is 0 Å². The smallest absolute Gasteiger partial charge is 0.250 e. The summed E-state index contributed by atoms with van der Waals surface area (Å²) in [7, 11) is 0. The standard InChI is InChI=1S/C13H20N4O/c1-2-17-7-5-11(6-8-17)16-12-4-3-10(9-15-12)13(14)18/h3-4,9,11H,2,5-8H2,1H3,(H2,14,18)(H,15,16). The third-order valence-corrected chi connectivity index (χ3v) is 3.43. The van der Waals surface area contributed by atoms with Gasteiger partial charge in [0, 0.05) is 25.3 Å². The number of amides is 1. The minimum atomic E-state index is -0.440. The normalized spacial score (nSPS) is 17.6. The second-order valence-electron chi connectivity index (χ2n) is 4.65. The zero-order valence-corrected chi connectivity index (χ0v) is 10.7. The SMILES string of the molecule is CCN1CCC(Nc2ccc(C(N)=O)cn2)CC1. The first kappa shape index (κ1) is 12.8. The van der Waals surface area contributed by atoms with Gasteiger partial charge in [-0.1, -0.05) is 6.92 Å². The van der Waals surface area contributed by atoms with Crippen LogP contribution in [0.5, 0.6) is 0 Å². The summed E-state index contributed by atoms with van der Waals surface area (Å²) in [5, 5.41) is 3.40. The number of primary amides is 1. The van der Waals surface area contributed by atoms with Crippen LogP contribution in [0.3, 0.4) is 0 Å². The van der Waals surface area contributed by atoms with Gasteiger partial charge >= 0.3 is 0 Å². The Morgan fingerprint density at radius 1 is 1.50 bits per heavy atom. The molecule has 1 saturated heterocycles. The molecule has 3 N–H and O–H groups in total. The first-order valence-electron chi connectivity index (χ1n) is 6.43. The van der Waals surface area contributed by atoms with Gasteiger partial charge in [-0.2, -0.15) is 0 Å². The van der Waals surface area contributed by atoms with Crippen LogP contribution in [0.4, 0.5) is 5.82 Å². The molecule has 1 fully saturated rings. The lowest BCUT2D eigenvalue weighted by atomic mass is 10.1. The van der Waals surface area contributed by atoms with Crippen molar-refractivity contribution in [1.82, 2.24) is 9.88 Å². The number of carbonyl (C=O) groups excluding carboxylic acids is 1. The van der Waals surface area contributed by atoms with Gasteiger partial charge in [-0.05, 0) is 31.5 Å². The van der Waals surface area contributed by atoms with E-state index >= 15 is 0 Å². The maximum absolute atomic E-state index is 10.9. The van der Waals surface area contributed by atoms with E-state index in [9.17, 15) is 4.79 Å². The van der Waals surface area contributed by atoms with Crippen LogP contribution in [-0.2, 0) is 0 Å². The summed E-state index contributed by atoms with van der Waals surface area (Å²) < 4.78 is 0. The number of likely N-dealkylation sites (tertiary alicyclic amines) is 1. The first-order chi connectivity index (χ1) is 8.69. The van der Waals surface area contributed by atoms with E-state index in [4.69, 9.17) is 5.73 Å². The molecule has 5 heteroatoms. The lowest BCUT2D eigenvalue weighted by molar-refractivity contribution is 0.1000. The lowest BCUT2D eigenvalue weighted by Gasteiger charge is -2.31. The van der Waals surface area contributed by atoms with Crippen molar-refractivity contribution >= 4 is 11.7 Å². The molecular formula is C13H20N4O. The molecule has 5 nitrogen and oxygen atoms in total. The van der Waals surface area contributed by atoms with E-state index in [0.717, 1.165) is 38.3 Å². The Hall–Kier alpha value is -1.62. The van der Waals surface area contributed by atoms with Crippen LogP contribution in [0.25, 0.3) is 0 Å². The van der Waals surface area contributed by atoms with E-state index in [1.165, 1.54) is 6.20 Å². The molecule has 0 unspecified atom stereocenters. The zero-order chi connectivity index (χ0) is 13.0. The summed E-state index contributed by atoms with van der Waals surface area (Å²) in [4.78, 5) is 17.6. The minimum Gasteiger partial charge on any atom is -0.367 e. The maximum Gasteiger partial charge on any atom is 0.250 e. The molecule has 2 rings (SSSR count). The molecule has 1 aromatic heterocycles. The highest BCUT2D eigenvalue weighted by atomic mass is 16.1. The third kappa shape index (κ3) is 3.20. The number of carbonyl (C=O) groups is 1. The van der Waals surface area contributed by atoms with E-state index in [0.29, 0.717) is 11.6 Å². The van der Waals surface area contributed by atoms with E-state index in [2.05, 4.69) is 22.1 Å². The molecule has 0 atom stereocenters. The van der Waals surface area contributed by atoms with Crippen molar-refractivity contribution in [1.29, 1.82) is 0 Å². The molecule has 0 aliphatic carbocycles. The molecule has 0 aromatic carbocycles. The first-order valence-corrected chi connectivity index (χ1v) is 6.43. The predicted octanol–water partition coefficient (Wildman–Crippen LogP) is 1.08. The number of nitrogens with zero attached hydrogens (tertiary/aromatic N) is 2. The molecule has 0 bridgehead atoms. The number of anilines is 1. The highest BCUT2D eigenvalue weighted by Crippen LogP contribution is 2.15. The average Bonchev–Trinajstić information content (AvgIpc) is 2.40. The number of rotatable bonds is 4. The number of hydrogen-bond donors (Lipinski definition) is 2. The Morgan fingerprint density at radius 2 is 2.22 bits per heavy atom. The van der Waals surface area contributed by atoms with Gasteiger partial charge in [-0.25, -0.2) is 4.98 Å². The van der Waals surface area contributed by atoms with Crippen LogP contribution in [0.1, 0.15) is 30.1 Å². The van der Waals surface area contributed by atoms with Gasteiger partial charge in [0.25, 0.3) is 0 Å². The molecular weight excluding hydrogens is 228 g/mol. The van der Waals surface area contributed by atoms with Crippen LogP contribution in [0.15, 0.2) is 18.3 Å². The number of piperidine rings is 1. The topological polar surface area (TPSA) is 71.2 Å². The second kappa shape index (κ2) is 5.82. The molecule has 1 aliphatic heterocycles. The van der Waals surface area contributed by atoms with Crippen molar-refractivity contribution in [2.24, 2.45) is 5.73 Å². The molecule has 2 heterocycles. The molecule has 0 spiro atoms. The van der Waals surface area contributed by atoms with Crippen LogP contribution in [0.2, 0.25) is 0 Å². The summed E-state index contributed by atoms with van der Waals surface area (Å²) >= 11 is 0. The fourth-order valence-corrected chi connectivity index (χ4v) is 2.23. The van der Waals surface area contributed by atoms with Crippen LogP contribution < -0.4 is 11.1 Å². The van der Waals surface area contributed by atoms with Gasteiger partial charge in [0.15, 0.2) is 0 Å². The van der Waals surface area contributed by atoms with Gasteiger partial charge in [-0.3, -0.25) is 4.79 Å². The Labute approximate surface area is 107 Å². The quantitative estimate of drug-likeness (QED) is 0.836. The third-order valence-electron chi connectivity index (χ3n) is 3.43. The molecule has 0 radical (unpaired) electrons. The zero-order valence-electron chi connectivity index (χ0n) is 10.7.